The number of hydrogen-bond acceptors (Lipinski definition) is 7. The van der Waals surface area contributed by atoms with E-state index in [1.165, 1.54) is 0 Å². The lowest BCUT2D eigenvalue weighted by molar-refractivity contribution is 0.0566. The first-order chi connectivity index (χ1) is 21.9. The molecule has 232 valence electrons. The van der Waals surface area contributed by atoms with Crippen LogP contribution in [-0.4, -0.2) is 52.0 Å². The van der Waals surface area contributed by atoms with Gasteiger partial charge in [-0.05, 0) is 78.6 Å². The maximum Gasteiger partial charge on any atom is 0.411 e. The molecule has 1 amide bonds. The molecular formula is C36H36ClN3O5. The van der Waals surface area contributed by atoms with Crippen LogP contribution in [0.5, 0.6) is 11.5 Å². The fraction of sp³-hybridized carbons (Fsp3) is 0.222. The Morgan fingerprint density at radius 1 is 0.956 bits per heavy atom. The van der Waals surface area contributed by atoms with Gasteiger partial charge in [0.25, 0.3) is 0 Å². The van der Waals surface area contributed by atoms with Crippen LogP contribution in [0.15, 0.2) is 109 Å². The molecule has 0 fully saturated rings. The van der Waals surface area contributed by atoms with Crippen molar-refractivity contribution in [3.05, 3.63) is 131 Å². The summed E-state index contributed by atoms with van der Waals surface area (Å²) >= 11 is 6.18. The van der Waals surface area contributed by atoms with Gasteiger partial charge in [-0.3, -0.25) is 15.2 Å². The number of carbonyl (C=O) groups excluding carboxylic acids is 1. The molecular weight excluding hydrogens is 590 g/mol. The number of halogens is 1. The topological polar surface area (TPSA) is 104 Å². The van der Waals surface area contributed by atoms with Crippen LogP contribution in [0.25, 0.3) is 10.9 Å². The van der Waals surface area contributed by atoms with Gasteiger partial charge >= 0.3 is 6.09 Å². The van der Waals surface area contributed by atoms with Gasteiger partial charge in [0.1, 0.15) is 11.5 Å². The summed E-state index contributed by atoms with van der Waals surface area (Å²) in [6.45, 7) is 2.85. The molecule has 2 atom stereocenters. The number of benzene rings is 4. The minimum Gasteiger partial charge on any atom is -0.457 e. The molecule has 9 heteroatoms. The minimum absolute atomic E-state index is 0.0800. The van der Waals surface area contributed by atoms with Crippen LogP contribution in [0.1, 0.15) is 29.7 Å². The number of carbonyl (C=O) groups is 1. The van der Waals surface area contributed by atoms with Crippen molar-refractivity contribution < 1.29 is 24.5 Å². The molecule has 0 saturated heterocycles. The molecule has 8 nitrogen and oxygen atoms in total. The SMILES string of the molecule is CCOC(=O)Nc1ccc2c(Oc3ccc(C[C@@H](CO)N(Cc4ccccc4)C[C@H](O)c4cccc(Cl)c4)cc3)ccnc2c1. The number of nitrogens with one attached hydrogen (secondary N) is 1. The Bertz CT molecular complexity index is 1700. The molecule has 0 aliphatic heterocycles. The quantitative estimate of drug-likeness (QED) is 0.125. The Kier molecular flexibility index (Phi) is 11.0. The number of pyridine rings is 1. The maximum atomic E-state index is 11.8. The van der Waals surface area contributed by atoms with Gasteiger partial charge in [0, 0.05) is 41.4 Å². The monoisotopic (exact) mass is 625 g/mol. The third-order valence-electron chi connectivity index (χ3n) is 7.44. The van der Waals surface area contributed by atoms with E-state index in [1.807, 2.05) is 72.8 Å². The van der Waals surface area contributed by atoms with E-state index in [2.05, 4.69) is 15.2 Å². The lowest BCUT2D eigenvalue weighted by Gasteiger charge is -2.32. The number of aliphatic hydroxyl groups is 2. The molecule has 0 aliphatic carbocycles. The molecule has 45 heavy (non-hydrogen) atoms. The van der Waals surface area contributed by atoms with Gasteiger partial charge in [0.15, 0.2) is 0 Å². The van der Waals surface area contributed by atoms with E-state index in [9.17, 15) is 15.0 Å². The lowest BCUT2D eigenvalue weighted by atomic mass is 10.0. The number of aromatic nitrogens is 1. The molecule has 5 rings (SSSR count). The highest BCUT2D eigenvalue weighted by Gasteiger charge is 2.23. The first kappa shape index (κ1) is 31.9. The van der Waals surface area contributed by atoms with Crippen LogP contribution in [0.4, 0.5) is 10.5 Å². The van der Waals surface area contributed by atoms with Crippen molar-refractivity contribution in [2.24, 2.45) is 0 Å². The molecule has 0 unspecified atom stereocenters. The van der Waals surface area contributed by atoms with E-state index in [0.717, 1.165) is 22.1 Å². The first-order valence-corrected chi connectivity index (χ1v) is 15.2. The molecule has 3 N–H and O–H groups in total. The Hall–Kier alpha value is -4.47. The van der Waals surface area contributed by atoms with Crippen molar-refractivity contribution in [3.8, 4) is 11.5 Å². The molecule has 0 saturated carbocycles. The number of nitrogens with zero attached hydrogens (tertiary/aromatic N) is 2. The van der Waals surface area contributed by atoms with Crippen LogP contribution in [-0.2, 0) is 17.7 Å². The zero-order valence-electron chi connectivity index (χ0n) is 25.0. The van der Waals surface area contributed by atoms with Gasteiger partial charge in [0.05, 0.1) is 24.8 Å². The number of hydrogen-bond donors (Lipinski definition) is 3. The van der Waals surface area contributed by atoms with Gasteiger partial charge in [-0.25, -0.2) is 4.79 Å². The smallest absolute Gasteiger partial charge is 0.411 e. The molecule has 5 aromatic rings. The summed E-state index contributed by atoms with van der Waals surface area (Å²) in [6.07, 6.45) is 0.934. The third kappa shape index (κ3) is 8.80. The second kappa shape index (κ2) is 15.5. The summed E-state index contributed by atoms with van der Waals surface area (Å²) in [5, 5.41) is 25.7. The Balaban J connectivity index is 1.29. The standard InChI is InChI=1S/C36H36ClN3O5/c1-2-44-36(43)39-29-13-16-32-33(21-29)38-18-17-35(32)45-31-14-11-25(12-15-31)19-30(24-41)40(22-26-7-4-3-5-8-26)23-34(42)27-9-6-10-28(37)20-27/h3-18,20-21,30,34,41-42H,2,19,22-24H2,1H3,(H,39,43)/t30-,34-/m0/s1. The van der Waals surface area contributed by atoms with E-state index < -0.39 is 12.2 Å². The van der Waals surface area contributed by atoms with Gasteiger partial charge < -0.3 is 19.7 Å². The predicted molar refractivity (Wildman–Crippen MR) is 177 cm³/mol. The number of amides is 1. The van der Waals surface area contributed by atoms with Crippen LogP contribution in [0.2, 0.25) is 5.02 Å². The Labute approximate surface area is 267 Å². The molecule has 0 bridgehead atoms. The fourth-order valence-corrected chi connectivity index (χ4v) is 5.38. The van der Waals surface area contributed by atoms with E-state index >= 15 is 0 Å². The highest BCUT2D eigenvalue weighted by molar-refractivity contribution is 6.30. The second-order valence-electron chi connectivity index (χ2n) is 10.7. The van der Waals surface area contributed by atoms with Crippen LogP contribution >= 0.6 is 11.6 Å². The normalized spacial score (nSPS) is 12.6. The Morgan fingerprint density at radius 2 is 1.76 bits per heavy atom. The summed E-state index contributed by atoms with van der Waals surface area (Å²) in [4.78, 5) is 18.3. The number of aliphatic hydroxyl groups excluding tert-OH is 2. The summed E-state index contributed by atoms with van der Waals surface area (Å²) < 4.78 is 11.2. The highest BCUT2D eigenvalue weighted by Crippen LogP contribution is 2.31. The van der Waals surface area contributed by atoms with Crippen LogP contribution < -0.4 is 10.1 Å². The molecule has 0 spiro atoms. The number of fused-ring (bicyclic) bond motifs is 1. The van der Waals surface area contributed by atoms with Crippen LogP contribution in [0, 0.1) is 0 Å². The second-order valence-corrected chi connectivity index (χ2v) is 11.1. The maximum absolute atomic E-state index is 11.8. The van der Waals surface area contributed by atoms with Crippen LogP contribution in [0.3, 0.4) is 0 Å². The zero-order chi connectivity index (χ0) is 31.6. The van der Waals surface area contributed by atoms with E-state index in [1.54, 1.807) is 43.5 Å². The number of anilines is 1. The van der Waals surface area contributed by atoms with Crippen molar-refractivity contribution >= 4 is 34.3 Å². The van der Waals surface area contributed by atoms with Gasteiger partial charge in [-0.2, -0.15) is 0 Å². The largest absolute Gasteiger partial charge is 0.457 e. The van der Waals surface area contributed by atoms with Crippen molar-refractivity contribution in [2.45, 2.75) is 32.0 Å². The first-order valence-electron chi connectivity index (χ1n) is 14.8. The summed E-state index contributed by atoms with van der Waals surface area (Å²) in [5.41, 5.74) is 4.09. The summed E-state index contributed by atoms with van der Waals surface area (Å²) in [7, 11) is 0. The van der Waals surface area contributed by atoms with Crippen molar-refractivity contribution in [1.29, 1.82) is 0 Å². The molecule has 0 aliphatic rings. The van der Waals surface area contributed by atoms with Crippen molar-refractivity contribution in [1.82, 2.24) is 9.88 Å². The van der Waals surface area contributed by atoms with Crippen molar-refractivity contribution in [3.63, 3.8) is 0 Å². The fourth-order valence-electron chi connectivity index (χ4n) is 5.18. The summed E-state index contributed by atoms with van der Waals surface area (Å²) in [5.74, 6) is 1.28. The van der Waals surface area contributed by atoms with Gasteiger partial charge in [-0.1, -0.05) is 66.2 Å². The van der Waals surface area contributed by atoms with E-state index in [4.69, 9.17) is 21.1 Å². The average molecular weight is 626 g/mol. The Morgan fingerprint density at radius 3 is 2.49 bits per heavy atom. The average Bonchev–Trinajstić information content (AvgIpc) is 3.04. The van der Waals surface area contributed by atoms with Crippen molar-refractivity contribution in [2.75, 3.05) is 25.1 Å². The minimum atomic E-state index is -0.774. The van der Waals surface area contributed by atoms with E-state index in [0.29, 0.717) is 47.2 Å². The van der Waals surface area contributed by atoms with Gasteiger partial charge in [-0.15, -0.1) is 0 Å². The molecule has 0 radical (unpaired) electrons. The predicted octanol–water partition coefficient (Wildman–Crippen LogP) is 7.39. The number of rotatable bonds is 13. The molecule has 4 aromatic carbocycles. The number of ether oxygens (including phenoxy) is 2. The molecule has 1 aromatic heterocycles. The zero-order valence-corrected chi connectivity index (χ0v) is 25.7. The summed E-state index contributed by atoms with van der Waals surface area (Å²) in [6, 6.07) is 32.0. The molecule has 1 heterocycles. The van der Waals surface area contributed by atoms with Gasteiger partial charge in [0.2, 0.25) is 0 Å². The van der Waals surface area contributed by atoms with E-state index in [-0.39, 0.29) is 19.3 Å². The third-order valence-corrected chi connectivity index (χ3v) is 7.68. The lowest BCUT2D eigenvalue weighted by Crippen LogP contribution is -2.41. The highest BCUT2D eigenvalue weighted by atomic mass is 35.5.